The van der Waals surface area contributed by atoms with Crippen molar-refractivity contribution in [2.24, 2.45) is 5.92 Å². The highest BCUT2D eigenvalue weighted by Crippen LogP contribution is 2.45. The number of nitrogens with one attached hydrogen (secondary N) is 1. The van der Waals surface area contributed by atoms with E-state index in [0.29, 0.717) is 23.4 Å². The van der Waals surface area contributed by atoms with Crippen molar-refractivity contribution in [1.29, 1.82) is 0 Å². The molecule has 0 aromatic heterocycles. The summed E-state index contributed by atoms with van der Waals surface area (Å²) in [5.74, 6) is -0.685. The van der Waals surface area contributed by atoms with Crippen molar-refractivity contribution in [2.75, 3.05) is 0 Å². The van der Waals surface area contributed by atoms with E-state index in [1.807, 2.05) is 32.9 Å². The van der Waals surface area contributed by atoms with Gasteiger partial charge >= 0.3 is 0 Å². The van der Waals surface area contributed by atoms with Crippen LogP contribution in [0.1, 0.15) is 56.9 Å². The summed E-state index contributed by atoms with van der Waals surface area (Å²) >= 11 is 6.00. The smallest absolute Gasteiger partial charge is 0.222 e. The molecule has 2 N–H and O–H groups in total. The molecule has 0 saturated carbocycles. The summed E-state index contributed by atoms with van der Waals surface area (Å²) in [6.45, 7) is 5.64. The predicted molar refractivity (Wildman–Crippen MR) is 107 cm³/mol. The Hall–Kier alpha value is -2.11. The zero-order valence-electron chi connectivity index (χ0n) is 16.2. The van der Waals surface area contributed by atoms with E-state index in [2.05, 4.69) is 5.32 Å². The van der Waals surface area contributed by atoms with Crippen LogP contribution in [0.4, 0.5) is 4.39 Å². The Labute approximate surface area is 169 Å². The zero-order valence-corrected chi connectivity index (χ0v) is 17.0. The van der Waals surface area contributed by atoms with Crippen LogP contribution < -0.4 is 5.32 Å². The summed E-state index contributed by atoms with van der Waals surface area (Å²) in [4.78, 5) is 12.4. The van der Waals surface area contributed by atoms with Crippen LogP contribution in [0.25, 0.3) is 0 Å². The fourth-order valence-electron chi connectivity index (χ4n) is 3.58. The molecule has 6 heteroatoms. The Morgan fingerprint density at radius 2 is 1.86 bits per heavy atom. The molecule has 1 aliphatic heterocycles. The van der Waals surface area contributed by atoms with Gasteiger partial charge in [0.05, 0.1) is 12.2 Å². The Morgan fingerprint density at radius 3 is 2.50 bits per heavy atom. The van der Waals surface area contributed by atoms with E-state index in [0.717, 1.165) is 5.56 Å². The zero-order chi connectivity index (χ0) is 20.5. The van der Waals surface area contributed by atoms with Crippen LogP contribution in [0, 0.1) is 11.7 Å². The highest BCUT2D eigenvalue weighted by Gasteiger charge is 2.41. The number of halogens is 2. The van der Waals surface area contributed by atoms with Crippen molar-refractivity contribution in [2.45, 2.75) is 51.4 Å². The van der Waals surface area contributed by atoms with Gasteiger partial charge in [-0.3, -0.25) is 4.79 Å². The molecule has 28 heavy (non-hydrogen) atoms. The van der Waals surface area contributed by atoms with Crippen molar-refractivity contribution in [3.05, 3.63) is 64.4 Å². The Bertz CT molecular complexity index is 855. The number of phenolic OH excluding ortho intramolecular Hbond substituents is 1. The number of ether oxygens (including phenoxy) is 1. The molecule has 0 spiro atoms. The monoisotopic (exact) mass is 405 g/mol. The highest BCUT2D eigenvalue weighted by molar-refractivity contribution is 6.30. The molecule has 1 heterocycles. The number of hydrogen-bond acceptors (Lipinski definition) is 3. The molecule has 1 fully saturated rings. The minimum atomic E-state index is -0.576. The Kier molecular flexibility index (Phi) is 5.96. The SMILES string of the molecule is CC(C)C(=O)N[C@]1(C)C[C@@H](c2ccc(Cl)cc2)O[C@@H](c2cc(F)ccc2O)C1. The first-order valence-electron chi connectivity index (χ1n) is 9.38. The lowest BCUT2D eigenvalue weighted by molar-refractivity contribution is -0.131. The van der Waals surface area contributed by atoms with Gasteiger partial charge in [0.25, 0.3) is 0 Å². The van der Waals surface area contributed by atoms with E-state index >= 15 is 0 Å². The maximum Gasteiger partial charge on any atom is 0.222 e. The molecule has 0 unspecified atom stereocenters. The van der Waals surface area contributed by atoms with Crippen LogP contribution >= 0.6 is 11.6 Å². The van der Waals surface area contributed by atoms with E-state index in [1.165, 1.54) is 18.2 Å². The molecule has 4 nitrogen and oxygen atoms in total. The largest absolute Gasteiger partial charge is 0.508 e. The predicted octanol–water partition coefficient (Wildman–Crippen LogP) is 5.31. The van der Waals surface area contributed by atoms with Gasteiger partial charge in [0.1, 0.15) is 11.6 Å². The van der Waals surface area contributed by atoms with Gasteiger partial charge in [-0.15, -0.1) is 0 Å². The number of carbonyl (C=O) groups is 1. The second kappa shape index (κ2) is 8.10. The molecular formula is C22H25ClFNO3. The van der Waals surface area contributed by atoms with Crippen LogP contribution in [0.3, 0.4) is 0 Å². The van der Waals surface area contributed by atoms with Gasteiger partial charge in [-0.1, -0.05) is 37.6 Å². The van der Waals surface area contributed by atoms with Crippen LogP contribution in [0.2, 0.25) is 5.02 Å². The topological polar surface area (TPSA) is 58.6 Å². The normalized spacial score (nSPS) is 24.9. The lowest BCUT2D eigenvalue weighted by Crippen LogP contribution is -2.52. The molecule has 150 valence electrons. The second-order valence-electron chi connectivity index (χ2n) is 7.98. The average molecular weight is 406 g/mol. The standard InChI is InChI=1S/C22H25ClFNO3/c1-13(2)21(27)25-22(3)11-19(14-4-6-15(23)7-5-14)28-20(12-22)17-10-16(24)8-9-18(17)26/h4-10,13,19-20,26H,11-12H2,1-3H3,(H,25,27)/t19-,20+,22+/m0/s1. The second-order valence-corrected chi connectivity index (χ2v) is 8.42. The first-order chi connectivity index (χ1) is 13.2. The van der Waals surface area contributed by atoms with Gasteiger partial charge in [0, 0.05) is 34.9 Å². The summed E-state index contributed by atoms with van der Waals surface area (Å²) in [6, 6.07) is 11.1. The lowest BCUT2D eigenvalue weighted by Gasteiger charge is -2.43. The molecular weight excluding hydrogens is 381 g/mol. The molecule has 0 bridgehead atoms. The van der Waals surface area contributed by atoms with Gasteiger partial charge in [-0.05, 0) is 42.8 Å². The van der Waals surface area contributed by atoms with Crippen molar-refractivity contribution in [3.8, 4) is 5.75 Å². The fourth-order valence-corrected chi connectivity index (χ4v) is 3.71. The number of aromatic hydroxyl groups is 1. The van der Waals surface area contributed by atoms with Gasteiger partial charge in [-0.2, -0.15) is 0 Å². The number of carbonyl (C=O) groups excluding carboxylic acids is 1. The van der Waals surface area contributed by atoms with E-state index in [1.54, 1.807) is 12.1 Å². The summed E-state index contributed by atoms with van der Waals surface area (Å²) < 4.78 is 20.1. The number of phenols is 1. The van der Waals surface area contributed by atoms with Gasteiger partial charge in [-0.25, -0.2) is 4.39 Å². The number of rotatable bonds is 4. The number of benzene rings is 2. The van der Waals surface area contributed by atoms with Crippen molar-refractivity contribution >= 4 is 17.5 Å². The fraction of sp³-hybridized carbons (Fsp3) is 0.409. The first-order valence-corrected chi connectivity index (χ1v) is 9.76. The third kappa shape index (κ3) is 4.65. The van der Waals surface area contributed by atoms with Gasteiger partial charge in [0.2, 0.25) is 5.91 Å². The van der Waals surface area contributed by atoms with Crippen molar-refractivity contribution in [3.63, 3.8) is 0 Å². The van der Waals surface area contributed by atoms with Crippen LogP contribution in [-0.2, 0) is 9.53 Å². The molecule has 1 amide bonds. The van der Waals surface area contributed by atoms with Crippen molar-refractivity contribution in [1.82, 2.24) is 5.32 Å². The Morgan fingerprint density at radius 1 is 1.21 bits per heavy atom. The number of amides is 1. The van der Waals surface area contributed by atoms with E-state index in [4.69, 9.17) is 16.3 Å². The molecule has 2 aromatic carbocycles. The van der Waals surface area contributed by atoms with Gasteiger partial charge < -0.3 is 15.2 Å². The Balaban J connectivity index is 1.96. The highest BCUT2D eigenvalue weighted by atomic mass is 35.5. The van der Waals surface area contributed by atoms with Gasteiger partial charge in [0.15, 0.2) is 0 Å². The quantitative estimate of drug-likeness (QED) is 0.724. The molecule has 1 aliphatic rings. The molecule has 1 saturated heterocycles. The number of hydrogen-bond donors (Lipinski definition) is 2. The summed E-state index contributed by atoms with van der Waals surface area (Å²) in [5, 5.41) is 14.0. The van der Waals surface area contributed by atoms with E-state index in [9.17, 15) is 14.3 Å². The molecule has 3 atom stereocenters. The molecule has 3 rings (SSSR count). The minimum absolute atomic E-state index is 0.0271. The lowest BCUT2D eigenvalue weighted by atomic mass is 9.81. The minimum Gasteiger partial charge on any atom is -0.508 e. The average Bonchev–Trinajstić information content (AvgIpc) is 2.63. The maximum absolute atomic E-state index is 13.8. The summed E-state index contributed by atoms with van der Waals surface area (Å²) in [5.41, 5.74) is 0.714. The molecule has 2 aromatic rings. The maximum atomic E-state index is 13.8. The van der Waals surface area contributed by atoms with Crippen molar-refractivity contribution < 1.29 is 19.0 Å². The van der Waals surface area contributed by atoms with Crippen LogP contribution in [-0.4, -0.2) is 16.6 Å². The van der Waals surface area contributed by atoms with E-state index in [-0.39, 0.29) is 23.7 Å². The molecule has 0 aliphatic carbocycles. The summed E-state index contributed by atoms with van der Waals surface area (Å²) in [7, 11) is 0. The van der Waals surface area contributed by atoms with Crippen LogP contribution in [0.5, 0.6) is 5.75 Å². The molecule has 0 radical (unpaired) electrons. The summed E-state index contributed by atoms with van der Waals surface area (Å²) in [6.07, 6.45) is 0.0745. The third-order valence-electron chi connectivity index (χ3n) is 5.13. The van der Waals surface area contributed by atoms with Crippen LogP contribution in [0.15, 0.2) is 42.5 Å². The third-order valence-corrected chi connectivity index (χ3v) is 5.38. The first kappa shape index (κ1) is 20.6. The van der Waals surface area contributed by atoms with E-state index < -0.39 is 17.5 Å².